The van der Waals surface area contributed by atoms with Crippen LogP contribution in [0.25, 0.3) is 0 Å². The minimum Gasteiger partial charge on any atom is -0.481 e. The molecular weight excluding hydrogens is 267 g/mol. The summed E-state index contributed by atoms with van der Waals surface area (Å²) in [6.07, 6.45) is 5.49. The van der Waals surface area contributed by atoms with E-state index < -0.39 is 11.8 Å². The molecule has 4 heteroatoms. The third-order valence-corrected chi connectivity index (χ3v) is 4.25. The molecule has 1 saturated carbocycles. The lowest BCUT2D eigenvalue weighted by atomic mass is 9.83. The van der Waals surface area contributed by atoms with Gasteiger partial charge in [0, 0.05) is 0 Å². The van der Waals surface area contributed by atoms with Gasteiger partial charge in [-0.25, -0.2) is 4.39 Å². The SMILES string of the molecule is O=C(O)C1CCCCCC1Cc1ccc(F)c(Cl)c1. The summed E-state index contributed by atoms with van der Waals surface area (Å²) in [5, 5.41) is 9.43. The summed E-state index contributed by atoms with van der Waals surface area (Å²) in [5.41, 5.74) is 0.921. The zero-order chi connectivity index (χ0) is 13.8. The third kappa shape index (κ3) is 3.69. The van der Waals surface area contributed by atoms with Crippen molar-refractivity contribution in [2.75, 3.05) is 0 Å². The molecule has 0 aromatic heterocycles. The molecule has 1 aromatic rings. The minimum absolute atomic E-state index is 0.109. The number of carbonyl (C=O) groups is 1. The molecule has 2 atom stereocenters. The molecular formula is C15H18ClFO2. The van der Waals surface area contributed by atoms with Crippen molar-refractivity contribution in [1.29, 1.82) is 0 Å². The Balaban J connectivity index is 2.13. The maximum atomic E-state index is 13.1. The highest BCUT2D eigenvalue weighted by molar-refractivity contribution is 6.30. The normalized spacial score (nSPS) is 23.9. The molecule has 1 aliphatic rings. The Bertz CT molecular complexity index is 461. The lowest BCUT2D eigenvalue weighted by molar-refractivity contribution is -0.143. The largest absolute Gasteiger partial charge is 0.481 e. The van der Waals surface area contributed by atoms with Crippen LogP contribution in [0, 0.1) is 17.7 Å². The van der Waals surface area contributed by atoms with Crippen LogP contribution in [-0.4, -0.2) is 11.1 Å². The molecule has 1 N–H and O–H groups in total. The van der Waals surface area contributed by atoms with Crippen molar-refractivity contribution in [3.8, 4) is 0 Å². The summed E-state index contributed by atoms with van der Waals surface area (Å²) >= 11 is 5.77. The van der Waals surface area contributed by atoms with E-state index in [2.05, 4.69) is 0 Å². The summed E-state index contributed by atoms with van der Waals surface area (Å²) in [4.78, 5) is 11.3. The number of carboxylic acids is 1. The van der Waals surface area contributed by atoms with Crippen LogP contribution in [0.2, 0.25) is 5.02 Å². The molecule has 19 heavy (non-hydrogen) atoms. The van der Waals surface area contributed by atoms with Gasteiger partial charge in [-0.15, -0.1) is 0 Å². The van der Waals surface area contributed by atoms with Crippen molar-refractivity contribution < 1.29 is 14.3 Å². The summed E-state index contributed by atoms with van der Waals surface area (Å²) in [6.45, 7) is 0. The molecule has 0 radical (unpaired) electrons. The zero-order valence-corrected chi connectivity index (χ0v) is 11.5. The Morgan fingerprint density at radius 3 is 2.74 bits per heavy atom. The third-order valence-electron chi connectivity index (χ3n) is 3.96. The monoisotopic (exact) mass is 284 g/mol. The van der Waals surface area contributed by atoms with Crippen molar-refractivity contribution in [3.63, 3.8) is 0 Å². The fourth-order valence-corrected chi connectivity index (χ4v) is 3.13. The molecule has 0 bridgehead atoms. The van der Waals surface area contributed by atoms with Gasteiger partial charge in [-0.2, -0.15) is 0 Å². The number of hydrogen-bond acceptors (Lipinski definition) is 1. The van der Waals surface area contributed by atoms with Gasteiger partial charge in [0.2, 0.25) is 0 Å². The molecule has 1 aromatic carbocycles. The number of hydrogen-bond donors (Lipinski definition) is 1. The zero-order valence-electron chi connectivity index (χ0n) is 10.7. The summed E-state index contributed by atoms with van der Waals surface area (Å²) in [7, 11) is 0. The van der Waals surface area contributed by atoms with Gasteiger partial charge < -0.3 is 5.11 Å². The predicted molar refractivity (Wildman–Crippen MR) is 72.8 cm³/mol. The summed E-state index contributed by atoms with van der Waals surface area (Å²) < 4.78 is 13.1. The molecule has 1 aliphatic carbocycles. The van der Waals surface area contributed by atoms with Gasteiger partial charge in [0.1, 0.15) is 5.82 Å². The quantitative estimate of drug-likeness (QED) is 0.840. The van der Waals surface area contributed by atoms with E-state index in [9.17, 15) is 14.3 Å². The molecule has 2 nitrogen and oxygen atoms in total. The molecule has 2 unspecified atom stereocenters. The van der Waals surface area contributed by atoms with E-state index in [0.29, 0.717) is 6.42 Å². The maximum Gasteiger partial charge on any atom is 0.306 e. The van der Waals surface area contributed by atoms with Crippen molar-refractivity contribution in [2.45, 2.75) is 38.5 Å². The van der Waals surface area contributed by atoms with Gasteiger partial charge in [0.25, 0.3) is 0 Å². The van der Waals surface area contributed by atoms with Crippen molar-refractivity contribution >= 4 is 17.6 Å². The predicted octanol–water partition coefficient (Wildman–Crippen LogP) is 4.30. The summed E-state index contributed by atoms with van der Waals surface area (Å²) in [6, 6.07) is 4.66. The van der Waals surface area contributed by atoms with E-state index in [4.69, 9.17) is 11.6 Å². The molecule has 104 valence electrons. The standard InChI is InChI=1S/C15H18ClFO2/c16-13-9-10(6-7-14(13)17)8-11-4-2-1-3-5-12(11)15(18)19/h6-7,9,11-12H,1-5,8H2,(H,18,19). The fourth-order valence-electron chi connectivity index (χ4n) is 2.92. The van der Waals surface area contributed by atoms with Gasteiger partial charge in [0.15, 0.2) is 0 Å². The fraction of sp³-hybridized carbons (Fsp3) is 0.533. The highest BCUT2D eigenvalue weighted by Gasteiger charge is 2.29. The minimum atomic E-state index is -0.708. The van der Waals surface area contributed by atoms with Gasteiger partial charge in [0.05, 0.1) is 10.9 Å². The second-order valence-electron chi connectivity index (χ2n) is 5.30. The average molecular weight is 285 g/mol. The van der Waals surface area contributed by atoms with E-state index in [1.165, 1.54) is 6.07 Å². The first kappa shape index (κ1) is 14.3. The highest BCUT2D eigenvalue weighted by Crippen LogP contribution is 2.32. The molecule has 0 heterocycles. The molecule has 1 fully saturated rings. The first-order valence-electron chi connectivity index (χ1n) is 6.74. The second-order valence-corrected chi connectivity index (χ2v) is 5.70. The van der Waals surface area contributed by atoms with Crippen LogP contribution in [0.5, 0.6) is 0 Å². The molecule has 0 spiro atoms. The van der Waals surface area contributed by atoms with Gasteiger partial charge in [-0.1, -0.05) is 36.9 Å². The first-order valence-corrected chi connectivity index (χ1v) is 7.12. The molecule has 0 amide bonds. The lowest BCUT2D eigenvalue weighted by Gasteiger charge is -2.21. The van der Waals surface area contributed by atoms with E-state index in [-0.39, 0.29) is 16.9 Å². The number of benzene rings is 1. The Kier molecular flexibility index (Phi) is 4.81. The van der Waals surface area contributed by atoms with E-state index in [0.717, 1.165) is 37.7 Å². The van der Waals surface area contributed by atoms with Gasteiger partial charge in [-0.05, 0) is 42.9 Å². The van der Waals surface area contributed by atoms with Gasteiger partial charge in [-0.3, -0.25) is 4.79 Å². The molecule has 0 saturated heterocycles. The Labute approximate surface area is 117 Å². The topological polar surface area (TPSA) is 37.3 Å². The average Bonchev–Trinajstić information content (AvgIpc) is 2.59. The van der Waals surface area contributed by atoms with Crippen LogP contribution < -0.4 is 0 Å². The van der Waals surface area contributed by atoms with Crippen molar-refractivity contribution in [1.82, 2.24) is 0 Å². The van der Waals surface area contributed by atoms with Crippen LogP contribution in [0.3, 0.4) is 0 Å². The lowest BCUT2D eigenvalue weighted by Crippen LogP contribution is -2.24. The highest BCUT2D eigenvalue weighted by atomic mass is 35.5. The number of halogens is 2. The van der Waals surface area contributed by atoms with Crippen LogP contribution in [0.1, 0.15) is 37.7 Å². The van der Waals surface area contributed by atoms with Crippen LogP contribution in [0.4, 0.5) is 4.39 Å². The maximum absolute atomic E-state index is 13.1. The Hall–Kier alpha value is -1.09. The van der Waals surface area contributed by atoms with Crippen LogP contribution in [0.15, 0.2) is 18.2 Å². The van der Waals surface area contributed by atoms with Crippen molar-refractivity contribution in [3.05, 3.63) is 34.6 Å². The second kappa shape index (κ2) is 6.38. The smallest absolute Gasteiger partial charge is 0.306 e. The Morgan fingerprint density at radius 2 is 2.05 bits per heavy atom. The van der Waals surface area contributed by atoms with E-state index in [1.807, 2.05) is 0 Å². The number of carboxylic acid groups (broad SMARTS) is 1. The van der Waals surface area contributed by atoms with Crippen LogP contribution in [-0.2, 0) is 11.2 Å². The Morgan fingerprint density at radius 1 is 1.32 bits per heavy atom. The first-order chi connectivity index (χ1) is 9.08. The van der Waals surface area contributed by atoms with Gasteiger partial charge >= 0.3 is 5.97 Å². The molecule has 2 rings (SSSR count). The van der Waals surface area contributed by atoms with E-state index in [1.54, 1.807) is 12.1 Å². The summed E-state index contributed by atoms with van der Waals surface area (Å²) in [5.74, 6) is -1.30. The van der Waals surface area contributed by atoms with E-state index >= 15 is 0 Å². The van der Waals surface area contributed by atoms with Crippen LogP contribution >= 0.6 is 11.6 Å². The van der Waals surface area contributed by atoms with Crippen molar-refractivity contribution in [2.24, 2.45) is 11.8 Å². The number of rotatable bonds is 3. The molecule has 0 aliphatic heterocycles. The number of aliphatic carboxylic acids is 1.